The first-order chi connectivity index (χ1) is 13.8. The highest BCUT2D eigenvalue weighted by molar-refractivity contribution is 7.89. The second kappa shape index (κ2) is 8.81. The minimum Gasteiger partial charge on any atom is -0.508 e. The van der Waals surface area contributed by atoms with Crippen LogP contribution in [-0.4, -0.2) is 19.3 Å². The molecule has 0 amide bonds. The van der Waals surface area contributed by atoms with Gasteiger partial charge >= 0.3 is 0 Å². The number of halogens is 1. The molecule has 0 unspecified atom stereocenters. The molecule has 0 heterocycles. The number of phenolic OH excluding ortho intramolecular Hbond substituents is 1. The smallest absolute Gasteiger partial charge is 0.240 e. The number of hydrogen-bond acceptors (Lipinski definition) is 4. The van der Waals surface area contributed by atoms with Gasteiger partial charge in [-0.1, -0.05) is 30.3 Å². The van der Waals surface area contributed by atoms with Crippen LogP contribution in [0, 0.1) is 5.82 Å². The summed E-state index contributed by atoms with van der Waals surface area (Å²) in [5.74, 6) is -0.589. The summed E-state index contributed by atoms with van der Waals surface area (Å²) in [6, 6.07) is 17.5. The van der Waals surface area contributed by atoms with Crippen molar-refractivity contribution in [3.8, 4) is 5.75 Å². The Kier molecular flexibility index (Phi) is 6.21. The largest absolute Gasteiger partial charge is 0.508 e. The van der Waals surface area contributed by atoms with Crippen molar-refractivity contribution in [1.82, 2.24) is 4.72 Å². The van der Waals surface area contributed by atoms with Crippen LogP contribution >= 0.6 is 0 Å². The van der Waals surface area contributed by atoms with Gasteiger partial charge in [-0.25, -0.2) is 17.5 Å². The molecule has 7 heteroatoms. The second-order valence-corrected chi connectivity index (χ2v) is 8.03. The van der Waals surface area contributed by atoms with Gasteiger partial charge in [-0.2, -0.15) is 0 Å². The third-order valence-corrected chi connectivity index (χ3v) is 5.54. The van der Waals surface area contributed by atoms with Crippen molar-refractivity contribution in [3.05, 3.63) is 101 Å². The molecule has 148 valence electrons. The molecule has 0 aliphatic heterocycles. The van der Waals surface area contributed by atoms with Gasteiger partial charge in [0.05, 0.1) is 4.90 Å². The number of ketones is 1. The third kappa shape index (κ3) is 5.60. The van der Waals surface area contributed by atoms with E-state index in [1.54, 1.807) is 18.2 Å². The highest BCUT2D eigenvalue weighted by Crippen LogP contribution is 2.15. The normalized spacial score (nSPS) is 11.6. The molecule has 0 aromatic heterocycles. The fourth-order valence-corrected chi connectivity index (χ4v) is 3.58. The number of nitrogens with one attached hydrogen (secondary N) is 1. The topological polar surface area (TPSA) is 83.5 Å². The Morgan fingerprint density at radius 1 is 1.00 bits per heavy atom. The van der Waals surface area contributed by atoms with Gasteiger partial charge in [0.2, 0.25) is 10.0 Å². The van der Waals surface area contributed by atoms with Gasteiger partial charge in [0.25, 0.3) is 0 Å². The van der Waals surface area contributed by atoms with E-state index in [2.05, 4.69) is 4.72 Å². The molecule has 0 fully saturated rings. The van der Waals surface area contributed by atoms with E-state index in [1.165, 1.54) is 66.7 Å². The van der Waals surface area contributed by atoms with E-state index in [0.717, 1.165) is 0 Å². The maximum absolute atomic E-state index is 12.9. The molecule has 0 saturated carbocycles. The monoisotopic (exact) mass is 411 g/mol. The lowest BCUT2D eigenvalue weighted by Gasteiger charge is -2.07. The predicted molar refractivity (Wildman–Crippen MR) is 108 cm³/mol. The molecule has 2 N–H and O–H groups in total. The van der Waals surface area contributed by atoms with E-state index >= 15 is 0 Å². The average Bonchev–Trinajstić information content (AvgIpc) is 2.72. The van der Waals surface area contributed by atoms with E-state index in [4.69, 9.17) is 0 Å². The molecule has 0 radical (unpaired) electrons. The molecular formula is C22H18FNO4S. The Labute approximate surface area is 168 Å². The first kappa shape index (κ1) is 20.4. The third-order valence-electron chi connectivity index (χ3n) is 4.13. The molecule has 0 aliphatic carbocycles. The number of hydrogen-bond donors (Lipinski definition) is 2. The van der Waals surface area contributed by atoms with Gasteiger partial charge in [0.15, 0.2) is 5.78 Å². The van der Waals surface area contributed by atoms with Crippen molar-refractivity contribution in [2.75, 3.05) is 0 Å². The van der Waals surface area contributed by atoms with Gasteiger partial charge in [0, 0.05) is 12.1 Å². The van der Waals surface area contributed by atoms with Crippen LogP contribution in [0.2, 0.25) is 0 Å². The van der Waals surface area contributed by atoms with Crippen LogP contribution in [0.5, 0.6) is 5.75 Å². The van der Waals surface area contributed by atoms with Gasteiger partial charge in [-0.05, 0) is 65.7 Å². The fourth-order valence-electron chi connectivity index (χ4n) is 2.56. The predicted octanol–water partition coefficient (Wildman–Crippen LogP) is 3.91. The lowest BCUT2D eigenvalue weighted by molar-refractivity contribution is 0.104. The van der Waals surface area contributed by atoms with Crippen molar-refractivity contribution < 1.29 is 22.7 Å². The lowest BCUT2D eigenvalue weighted by atomic mass is 10.1. The highest BCUT2D eigenvalue weighted by Gasteiger charge is 2.14. The number of sulfonamides is 1. The molecule has 0 bridgehead atoms. The van der Waals surface area contributed by atoms with Crippen LogP contribution in [0.4, 0.5) is 4.39 Å². The first-order valence-corrected chi connectivity index (χ1v) is 10.2. The molecule has 0 spiro atoms. The molecular weight excluding hydrogens is 393 g/mol. The minimum atomic E-state index is -3.77. The Morgan fingerprint density at radius 3 is 2.34 bits per heavy atom. The van der Waals surface area contributed by atoms with Gasteiger partial charge in [0.1, 0.15) is 11.6 Å². The number of allylic oxidation sites excluding steroid dienone is 1. The van der Waals surface area contributed by atoms with E-state index in [0.29, 0.717) is 16.7 Å². The van der Waals surface area contributed by atoms with Crippen molar-refractivity contribution in [2.24, 2.45) is 0 Å². The maximum Gasteiger partial charge on any atom is 0.240 e. The van der Waals surface area contributed by atoms with E-state index in [-0.39, 0.29) is 23.0 Å². The molecule has 0 atom stereocenters. The Bertz CT molecular complexity index is 1140. The van der Waals surface area contributed by atoms with Crippen molar-refractivity contribution >= 4 is 21.9 Å². The molecule has 5 nitrogen and oxygen atoms in total. The fraction of sp³-hybridized carbons (Fsp3) is 0.0455. The van der Waals surface area contributed by atoms with E-state index in [9.17, 15) is 22.7 Å². The van der Waals surface area contributed by atoms with Crippen LogP contribution in [0.1, 0.15) is 21.5 Å². The van der Waals surface area contributed by atoms with Gasteiger partial charge in [-0.3, -0.25) is 4.79 Å². The van der Waals surface area contributed by atoms with Crippen molar-refractivity contribution in [1.29, 1.82) is 0 Å². The number of carbonyl (C=O) groups is 1. The van der Waals surface area contributed by atoms with Crippen LogP contribution < -0.4 is 4.72 Å². The van der Waals surface area contributed by atoms with Crippen LogP contribution in [0.15, 0.2) is 83.8 Å². The molecule has 0 saturated heterocycles. The summed E-state index contributed by atoms with van der Waals surface area (Å²) < 4.78 is 40.1. The summed E-state index contributed by atoms with van der Waals surface area (Å²) in [5, 5.41) is 9.43. The Hall–Kier alpha value is -3.29. The molecule has 0 aliphatic rings. The van der Waals surface area contributed by atoms with E-state index < -0.39 is 15.8 Å². The summed E-state index contributed by atoms with van der Waals surface area (Å²) in [6.45, 7) is 0.0238. The molecule has 3 rings (SSSR count). The van der Waals surface area contributed by atoms with Gasteiger partial charge in [-0.15, -0.1) is 0 Å². The van der Waals surface area contributed by atoms with Crippen molar-refractivity contribution in [3.63, 3.8) is 0 Å². The average molecular weight is 411 g/mol. The quantitative estimate of drug-likeness (QED) is 0.456. The minimum absolute atomic E-state index is 0.0214. The Balaban J connectivity index is 1.66. The summed E-state index contributed by atoms with van der Waals surface area (Å²) in [5.41, 5.74) is 1.63. The van der Waals surface area contributed by atoms with E-state index in [1.807, 2.05) is 0 Å². The van der Waals surface area contributed by atoms with Crippen LogP contribution in [-0.2, 0) is 16.6 Å². The summed E-state index contributed by atoms with van der Waals surface area (Å²) in [6.07, 6.45) is 2.92. The molecule has 3 aromatic carbocycles. The number of phenols is 1. The highest BCUT2D eigenvalue weighted by atomic mass is 32.2. The standard InChI is InChI=1S/C22H18FNO4S/c23-19-9-4-17(5-10-19)15-24-29(27,28)21-11-7-18(8-12-21)22(26)13-6-16-2-1-3-20(25)14-16/h1-14,24-25H,15H2/b13-6+. The first-order valence-electron chi connectivity index (χ1n) is 8.69. The zero-order valence-corrected chi connectivity index (χ0v) is 16.1. The van der Waals surface area contributed by atoms with Crippen LogP contribution in [0.3, 0.4) is 0 Å². The molecule has 29 heavy (non-hydrogen) atoms. The summed E-state index contributed by atoms with van der Waals surface area (Å²) >= 11 is 0. The number of rotatable bonds is 7. The summed E-state index contributed by atoms with van der Waals surface area (Å²) in [7, 11) is -3.77. The number of aromatic hydroxyl groups is 1. The summed E-state index contributed by atoms with van der Waals surface area (Å²) in [4.78, 5) is 12.3. The van der Waals surface area contributed by atoms with Crippen LogP contribution in [0.25, 0.3) is 6.08 Å². The number of benzene rings is 3. The Morgan fingerprint density at radius 2 is 1.69 bits per heavy atom. The zero-order valence-electron chi connectivity index (χ0n) is 15.2. The lowest BCUT2D eigenvalue weighted by Crippen LogP contribution is -2.23. The molecule has 3 aromatic rings. The SMILES string of the molecule is O=C(/C=C/c1cccc(O)c1)c1ccc(S(=O)(=O)NCc2ccc(F)cc2)cc1. The van der Waals surface area contributed by atoms with Gasteiger partial charge < -0.3 is 5.11 Å². The second-order valence-electron chi connectivity index (χ2n) is 6.27. The zero-order chi connectivity index (χ0) is 20.9. The maximum atomic E-state index is 12.9. The number of carbonyl (C=O) groups excluding carboxylic acids is 1. The van der Waals surface area contributed by atoms with Crippen molar-refractivity contribution in [2.45, 2.75) is 11.4 Å².